The summed E-state index contributed by atoms with van der Waals surface area (Å²) in [6.45, 7) is 4.29. The first-order valence-corrected chi connectivity index (χ1v) is 4.58. The Morgan fingerprint density at radius 2 is 2.25 bits per heavy atom. The Bertz CT molecular complexity index is 294. The molecule has 1 aromatic rings. The molecule has 0 bridgehead atoms. The van der Waals surface area contributed by atoms with Crippen molar-refractivity contribution in [2.75, 3.05) is 0 Å². The monoisotopic (exact) mass is 162 g/mol. The maximum Gasteiger partial charge on any atom is 0.0665 e. The van der Waals surface area contributed by atoms with E-state index in [1.54, 1.807) is 0 Å². The van der Waals surface area contributed by atoms with Crippen molar-refractivity contribution < 1.29 is 0 Å². The Kier molecular flexibility index (Phi) is 1.83. The third-order valence-corrected chi connectivity index (χ3v) is 2.53. The second-order valence-corrected chi connectivity index (χ2v) is 3.81. The van der Waals surface area contributed by atoms with Gasteiger partial charge in [-0.15, -0.1) is 0 Å². The van der Waals surface area contributed by atoms with Crippen LogP contribution in [0.4, 0.5) is 0 Å². The van der Waals surface area contributed by atoms with E-state index in [1.807, 2.05) is 6.92 Å². The number of nitrogens with zero attached hydrogens (tertiary/aromatic N) is 2. The van der Waals surface area contributed by atoms with Crippen molar-refractivity contribution >= 4 is 0 Å². The number of rotatable bonds is 0. The normalized spacial score (nSPS) is 22.0. The van der Waals surface area contributed by atoms with Gasteiger partial charge in [0.25, 0.3) is 0 Å². The van der Waals surface area contributed by atoms with Gasteiger partial charge in [0.1, 0.15) is 0 Å². The highest BCUT2D eigenvalue weighted by Gasteiger charge is 2.16. The van der Waals surface area contributed by atoms with Gasteiger partial charge >= 0.3 is 0 Å². The summed E-state index contributed by atoms with van der Waals surface area (Å²) in [6.07, 6.45) is 3.60. The van der Waals surface area contributed by atoms with Gasteiger partial charge in [-0.25, -0.2) is 0 Å². The summed E-state index contributed by atoms with van der Waals surface area (Å²) < 4.78 is 0. The molecule has 2 heteroatoms. The van der Waals surface area contributed by atoms with Crippen LogP contribution in [0.2, 0.25) is 0 Å². The molecule has 0 N–H and O–H groups in total. The summed E-state index contributed by atoms with van der Waals surface area (Å²) in [5.41, 5.74) is 3.68. The minimum absolute atomic E-state index is 0.787. The summed E-state index contributed by atoms with van der Waals surface area (Å²) >= 11 is 0. The lowest BCUT2D eigenvalue weighted by Gasteiger charge is -2.19. The van der Waals surface area contributed by atoms with Gasteiger partial charge in [-0.05, 0) is 43.7 Å². The molecule has 0 saturated carbocycles. The van der Waals surface area contributed by atoms with Crippen LogP contribution in [0.1, 0.15) is 30.3 Å². The minimum atomic E-state index is 0.787. The second-order valence-electron chi connectivity index (χ2n) is 3.81. The molecule has 1 unspecified atom stereocenters. The van der Waals surface area contributed by atoms with Gasteiger partial charge in [0.05, 0.1) is 11.4 Å². The van der Waals surface area contributed by atoms with E-state index in [0.717, 1.165) is 18.0 Å². The number of hydrogen-bond acceptors (Lipinski definition) is 2. The molecule has 2 nitrogen and oxygen atoms in total. The van der Waals surface area contributed by atoms with Gasteiger partial charge in [0.2, 0.25) is 0 Å². The highest BCUT2D eigenvalue weighted by molar-refractivity contribution is 5.23. The molecule has 0 aliphatic heterocycles. The summed E-state index contributed by atoms with van der Waals surface area (Å²) in [6, 6.07) is 2.17. The Morgan fingerprint density at radius 3 is 3.08 bits per heavy atom. The Labute approximate surface area is 73.0 Å². The van der Waals surface area contributed by atoms with Crippen LogP contribution in [-0.2, 0) is 12.8 Å². The van der Waals surface area contributed by atoms with Crippen molar-refractivity contribution in [3.8, 4) is 0 Å². The fraction of sp³-hybridized carbons (Fsp3) is 0.600. The zero-order valence-electron chi connectivity index (χ0n) is 7.67. The quantitative estimate of drug-likeness (QED) is 0.582. The molecule has 1 aromatic heterocycles. The van der Waals surface area contributed by atoms with Crippen LogP contribution in [0, 0.1) is 12.8 Å². The summed E-state index contributed by atoms with van der Waals surface area (Å²) in [5, 5.41) is 8.30. The van der Waals surface area contributed by atoms with Crippen LogP contribution in [0.15, 0.2) is 6.07 Å². The molecule has 0 fully saturated rings. The van der Waals surface area contributed by atoms with E-state index in [0.29, 0.717) is 0 Å². The first kappa shape index (κ1) is 7.71. The second kappa shape index (κ2) is 2.85. The zero-order valence-corrected chi connectivity index (χ0v) is 7.67. The van der Waals surface area contributed by atoms with Crippen LogP contribution in [0.5, 0.6) is 0 Å². The number of aromatic nitrogens is 2. The number of hydrogen-bond donors (Lipinski definition) is 0. The lowest BCUT2D eigenvalue weighted by Crippen LogP contribution is -2.14. The third kappa shape index (κ3) is 1.33. The third-order valence-electron chi connectivity index (χ3n) is 2.53. The smallest absolute Gasteiger partial charge is 0.0665 e. The number of aryl methyl sites for hydroxylation is 2. The van der Waals surface area contributed by atoms with Crippen molar-refractivity contribution in [2.45, 2.75) is 33.1 Å². The molecule has 12 heavy (non-hydrogen) atoms. The van der Waals surface area contributed by atoms with E-state index < -0.39 is 0 Å². The minimum Gasteiger partial charge on any atom is -0.156 e. The van der Waals surface area contributed by atoms with Crippen molar-refractivity contribution in [1.82, 2.24) is 10.2 Å². The molecule has 1 aliphatic carbocycles. The highest BCUT2D eigenvalue weighted by atomic mass is 15.1. The summed E-state index contributed by atoms with van der Waals surface area (Å²) in [7, 11) is 0. The first-order chi connectivity index (χ1) is 5.75. The average Bonchev–Trinajstić information content (AvgIpc) is 2.05. The van der Waals surface area contributed by atoms with Crippen LogP contribution in [-0.4, -0.2) is 10.2 Å². The lowest BCUT2D eigenvalue weighted by molar-refractivity contribution is 0.486. The molecule has 64 valence electrons. The van der Waals surface area contributed by atoms with E-state index in [-0.39, 0.29) is 0 Å². The van der Waals surface area contributed by atoms with Gasteiger partial charge in [-0.1, -0.05) is 6.92 Å². The first-order valence-electron chi connectivity index (χ1n) is 4.58. The van der Waals surface area contributed by atoms with Gasteiger partial charge in [0.15, 0.2) is 0 Å². The molecular formula is C10H14N2. The van der Waals surface area contributed by atoms with Crippen molar-refractivity contribution in [3.63, 3.8) is 0 Å². The topological polar surface area (TPSA) is 25.8 Å². The molecule has 0 saturated heterocycles. The Hall–Kier alpha value is -0.920. The lowest BCUT2D eigenvalue weighted by atomic mass is 9.88. The van der Waals surface area contributed by atoms with E-state index in [4.69, 9.17) is 0 Å². The fourth-order valence-corrected chi connectivity index (χ4v) is 1.79. The van der Waals surface area contributed by atoms with Crippen molar-refractivity contribution in [3.05, 3.63) is 23.0 Å². The molecule has 1 heterocycles. The van der Waals surface area contributed by atoms with Crippen LogP contribution in [0.3, 0.4) is 0 Å². The van der Waals surface area contributed by atoms with E-state index in [2.05, 4.69) is 23.2 Å². The molecule has 0 aromatic carbocycles. The average molecular weight is 162 g/mol. The highest BCUT2D eigenvalue weighted by Crippen LogP contribution is 2.22. The molecule has 0 amide bonds. The molecule has 2 rings (SSSR count). The van der Waals surface area contributed by atoms with Crippen molar-refractivity contribution in [1.29, 1.82) is 0 Å². The van der Waals surface area contributed by atoms with Crippen LogP contribution in [0.25, 0.3) is 0 Å². The van der Waals surface area contributed by atoms with E-state index >= 15 is 0 Å². The molecule has 0 spiro atoms. The van der Waals surface area contributed by atoms with Crippen molar-refractivity contribution in [2.24, 2.45) is 5.92 Å². The Balaban J connectivity index is 2.37. The maximum atomic E-state index is 4.22. The molecule has 0 radical (unpaired) electrons. The standard InChI is InChI=1S/C10H14N2/c1-7-3-4-9-6-8(2)11-12-10(9)5-7/h6-7H,3-5H2,1-2H3. The SMILES string of the molecule is Cc1cc2c(nn1)CC(C)CC2. The molecule has 1 atom stereocenters. The van der Waals surface area contributed by atoms with Gasteiger partial charge in [-0.3, -0.25) is 0 Å². The van der Waals surface area contributed by atoms with E-state index in [9.17, 15) is 0 Å². The van der Waals surface area contributed by atoms with Gasteiger partial charge in [-0.2, -0.15) is 10.2 Å². The number of fused-ring (bicyclic) bond motifs is 1. The summed E-state index contributed by atoms with van der Waals surface area (Å²) in [5.74, 6) is 0.787. The van der Waals surface area contributed by atoms with Gasteiger partial charge < -0.3 is 0 Å². The molecular weight excluding hydrogens is 148 g/mol. The Morgan fingerprint density at radius 1 is 1.42 bits per heavy atom. The van der Waals surface area contributed by atoms with Crippen LogP contribution >= 0.6 is 0 Å². The zero-order chi connectivity index (χ0) is 8.55. The predicted molar refractivity (Wildman–Crippen MR) is 48.0 cm³/mol. The van der Waals surface area contributed by atoms with Crippen LogP contribution < -0.4 is 0 Å². The van der Waals surface area contributed by atoms with Gasteiger partial charge in [0, 0.05) is 0 Å². The predicted octanol–water partition coefficient (Wildman–Crippen LogP) is 1.91. The molecule has 1 aliphatic rings. The maximum absolute atomic E-state index is 4.22. The fourth-order valence-electron chi connectivity index (χ4n) is 1.79. The van der Waals surface area contributed by atoms with E-state index in [1.165, 1.54) is 24.1 Å². The summed E-state index contributed by atoms with van der Waals surface area (Å²) in [4.78, 5) is 0. The largest absolute Gasteiger partial charge is 0.156 e.